The average molecular weight is 344 g/mol. The van der Waals surface area contributed by atoms with Crippen LogP contribution in [0.1, 0.15) is 36.8 Å². The number of carboxylic acids is 1. The van der Waals surface area contributed by atoms with Gasteiger partial charge in [0.1, 0.15) is 13.2 Å². The van der Waals surface area contributed by atoms with Gasteiger partial charge < -0.3 is 20.3 Å². The second-order valence-corrected chi connectivity index (χ2v) is 5.85. The molecule has 0 amide bonds. The van der Waals surface area contributed by atoms with Crippen LogP contribution in [0, 0.1) is 0 Å². The fourth-order valence-electron chi connectivity index (χ4n) is 2.46. The minimum absolute atomic E-state index is 0.0350. The minimum atomic E-state index is -0.938. The first kappa shape index (κ1) is 15.1. The van der Waals surface area contributed by atoms with Gasteiger partial charge in [-0.3, -0.25) is 4.79 Å². The molecule has 1 aromatic rings. The summed E-state index contributed by atoms with van der Waals surface area (Å²) in [6, 6.07) is 1.77. The van der Waals surface area contributed by atoms with Gasteiger partial charge in [0, 0.05) is 16.6 Å². The summed E-state index contributed by atoms with van der Waals surface area (Å²) in [6.07, 6.45) is 0. The van der Waals surface area contributed by atoms with Gasteiger partial charge in [-0.1, -0.05) is 29.8 Å². The summed E-state index contributed by atoms with van der Waals surface area (Å²) < 4.78 is 12.0. The summed E-state index contributed by atoms with van der Waals surface area (Å²) in [4.78, 5) is 11.5. The minimum Gasteiger partial charge on any atom is -0.486 e. The Balaban J connectivity index is 2.69. The number of hydrogen-bond donors (Lipinski definition) is 2. The van der Waals surface area contributed by atoms with Crippen LogP contribution in [-0.4, -0.2) is 30.8 Å². The Labute approximate surface area is 126 Å². The van der Waals surface area contributed by atoms with Gasteiger partial charge in [0.25, 0.3) is 0 Å². The van der Waals surface area contributed by atoms with Crippen LogP contribution in [0.2, 0.25) is 0 Å². The molecule has 1 aliphatic rings. The van der Waals surface area contributed by atoms with Gasteiger partial charge in [-0.15, -0.1) is 0 Å². The summed E-state index contributed by atoms with van der Waals surface area (Å²) in [5.41, 5.74) is 7.18. The largest absolute Gasteiger partial charge is 0.486 e. The number of carboxylic acid groups (broad SMARTS) is 1. The van der Waals surface area contributed by atoms with Crippen LogP contribution in [0.15, 0.2) is 10.5 Å². The third-order valence-corrected chi connectivity index (χ3v) is 3.98. The van der Waals surface area contributed by atoms with E-state index in [0.29, 0.717) is 34.7 Å². The van der Waals surface area contributed by atoms with Gasteiger partial charge in [-0.05, 0) is 17.5 Å². The quantitative estimate of drug-likeness (QED) is 0.877. The maximum absolute atomic E-state index is 11.5. The standard InChI is InChI=1S/C14H18BrNO4/c1-7(2)11-12(8(6-16)14(17)18)9(15)5-10-13(11)20-4-3-19-10/h5,7-8H,3-4,6,16H2,1-2H3,(H,17,18). The first-order valence-electron chi connectivity index (χ1n) is 6.52. The maximum Gasteiger partial charge on any atom is 0.312 e. The molecule has 20 heavy (non-hydrogen) atoms. The molecule has 0 aliphatic carbocycles. The van der Waals surface area contributed by atoms with E-state index in [2.05, 4.69) is 15.9 Å². The lowest BCUT2D eigenvalue weighted by Crippen LogP contribution is -2.25. The Morgan fingerprint density at radius 1 is 1.40 bits per heavy atom. The predicted molar refractivity (Wildman–Crippen MR) is 78.7 cm³/mol. The van der Waals surface area contributed by atoms with Gasteiger partial charge in [-0.25, -0.2) is 0 Å². The van der Waals surface area contributed by atoms with Crippen molar-refractivity contribution in [3.63, 3.8) is 0 Å². The Hall–Kier alpha value is -1.27. The van der Waals surface area contributed by atoms with Crippen molar-refractivity contribution in [2.24, 2.45) is 5.73 Å². The van der Waals surface area contributed by atoms with Gasteiger partial charge in [0.05, 0.1) is 5.92 Å². The van der Waals surface area contributed by atoms with E-state index >= 15 is 0 Å². The molecular formula is C14H18BrNO4. The number of ether oxygens (including phenoxy) is 2. The second-order valence-electron chi connectivity index (χ2n) is 4.99. The van der Waals surface area contributed by atoms with E-state index in [-0.39, 0.29) is 12.5 Å². The average Bonchev–Trinajstić information content (AvgIpc) is 2.39. The monoisotopic (exact) mass is 343 g/mol. The van der Waals surface area contributed by atoms with Crippen LogP contribution in [0.25, 0.3) is 0 Å². The van der Waals surface area contributed by atoms with Crippen molar-refractivity contribution >= 4 is 21.9 Å². The highest BCUT2D eigenvalue weighted by Gasteiger charge is 2.30. The van der Waals surface area contributed by atoms with Crippen LogP contribution in [0.5, 0.6) is 11.5 Å². The van der Waals surface area contributed by atoms with E-state index < -0.39 is 11.9 Å². The summed E-state index contributed by atoms with van der Waals surface area (Å²) >= 11 is 3.45. The zero-order valence-electron chi connectivity index (χ0n) is 11.5. The predicted octanol–water partition coefficient (Wildman–Crippen LogP) is 2.47. The highest BCUT2D eigenvalue weighted by atomic mass is 79.9. The number of hydrogen-bond acceptors (Lipinski definition) is 4. The summed E-state index contributed by atoms with van der Waals surface area (Å²) in [5, 5.41) is 9.39. The molecule has 0 radical (unpaired) electrons. The number of aliphatic carboxylic acids is 1. The number of rotatable bonds is 4. The van der Waals surface area contributed by atoms with E-state index in [1.165, 1.54) is 0 Å². The third-order valence-electron chi connectivity index (χ3n) is 3.32. The fraction of sp³-hybridized carbons (Fsp3) is 0.500. The first-order valence-corrected chi connectivity index (χ1v) is 7.31. The molecule has 1 heterocycles. The molecule has 0 aromatic heterocycles. The van der Waals surface area contributed by atoms with Gasteiger partial charge in [0.2, 0.25) is 0 Å². The van der Waals surface area contributed by atoms with Crippen molar-refractivity contribution in [2.75, 3.05) is 19.8 Å². The molecule has 1 aliphatic heterocycles. The number of carbonyl (C=O) groups is 1. The molecule has 1 aromatic carbocycles. The van der Waals surface area contributed by atoms with E-state index in [1.54, 1.807) is 6.07 Å². The van der Waals surface area contributed by atoms with Crippen molar-refractivity contribution in [1.29, 1.82) is 0 Å². The number of halogens is 1. The molecule has 110 valence electrons. The first-order chi connectivity index (χ1) is 9.47. The second kappa shape index (κ2) is 6.01. The Kier molecular flexibility index (Phi) is 4.55. The van der Waals surface area contributed by atoms with Crippen LogP contribution >= 0.6 is 15.9 Å². The van der Waals surface area contributed by atoms with Crippen molar-refractivity contribution in [3.05, 3.63) is 21.7 Å². The lowest BCUT2D eigenvalue weighted by atomic mass is 9.87. The molecule has 1 atom stereocenters. The van der Waals surface area contributed by atoms with E-state index in [4.69, 9.17) is 15.2 Å². The molecule has 6 heteroatoms. The summed E-state index contributed by atoms with van der Waals surface area (Å²) in [7, 11) is 0. The van der Waals surface area contributed by atoms with Gasteiger partial charge in [-0.2, -0.15) is 0 Å². The van der Waals surface area contributed by atoms with Crippen molar-refractivity contribution in [1.82, 2.24) is 0 Å². The molecule has 0 saturated carbocycles. The highest BCUT2D eigenvalue weighted by molar-refractivity contribution is 9.10. The topological polar surface area (TPSA) is 81.8 Å². The molecular weight excluding hydrogens is 326 g/mol. The van der Waals surface area contributed by atoms with Gasteiger partial charge >= 0.3 is 5.97 Å². The number of fused-ring (bicyclic) bond motifs is 1. The van der Waals surface area contributed by atoms with Crippen molar-refractivity contribution in [2.45, 2.75) is 25.7 Å². The van der Waals surface area contributed by atoms with E-state index in [1.807, 2.05) is 13.8 Å². The summed E-state index contributed by atoms with van der Waals surface area (Å²) in [5.74, 6) is -0.309. The molecule has 0 fully saturated rings. The molecule has 0 saturated heterocycles. The van der Waals surface area contributed by atoms with Gasteiger partial charge in [0.15, 0.2) is 11.5 Å². The molecule has 1 unspecified atom stereocenters. The Bertz CT molecular complexity index is 530. The lowest BCUT2D eigenvalue weighted by Gasteiger charge is -2.27. The SMILES string of the molecule is CC(C)c1c2c(cc(Br)c1C(CN)C(=O)O)OCCO2. The molecule has 3 N–H and O–H groups in total. The molecule has 0 spiro atoms. The van der Waals surface area contributed by atoms with E-state index in [9.17, 15) is 9.90 Å². The molecule has 5 nitrogen and oxygen atoms in total. The van der Waals surface area contributed by atoms with Crippen molar-refractivity contribution in [3.8, 4) is 11.5 Å². The van der Waals surface area contributed by atoms with Crippen molar-refractivity contribution < 1.29 is 19.4 Å². The number of nitrogens with two attached hydrogens (primary N) is 1. The maximum atomic E-state index is 11.5. The Morgan fingerprint density at radius 3 is 2.60 bits per heavy atom. The van der Waals surface area contributed by atoms with Crippen LogP contribution in [0.4, 0.5) is 0 Å². The molecule has 2 rings (SSSR count). The Morgan fingerprint density at radius 2 is 2.05 bits per heavy atom. The van der Waals surface area contributed by atoms with E-state index in [0.717, 1.165) is 5.56 Å². The fourth-order valence-corrected chi connectivity index (χ4v) is 3.16. The van der Waals surface area contributed by atoms with Crippen LogP contribution < -0.4 is 15.2 Å². The normalized spacial score (nSPS) is 15.2. The zero-order chi connectivity index (χ0) is 14.9. The van der Waals surface area contributed by atoms with Crippen LogP contribution in [0.3, 0.4) is 0 Å². The molecule has 0 bridgehead atoms. The zero-order valence-corrected chi connectivity index (χ0v) is 13.1. The third kappa shape index (κ3) is 2.62. The highest BCUT2D eigenvalue weighted by Crippen LogP contribution is 2.46. The number of benzene rings is 1. The lowest BCUT2D eigenvalue weighted by molar-refractivity contribution is -0.138. The smallest absolute Gasteiger partial charge is 0.312 e. The summed E-state index contributed by atoms with van der Waals surface area (Å²) in [6.45, 7) is 4.99. The van der Waals surface area contributed by atoms with Crippen LogP contribution in [-0.2, 0) is 4.79 Å².